The van der Waals surface area contributed by atoms with Gasteiger partial charge in [-0.05, 0) is 48.4 Å². The van der Waals surface area contributed by atoms with E-state index in [-0.39, 0.29) is 27.7 Å². The van der Waals surface area contributed by atoms with Crippen LogP contribution in [0.25, 0.3) is 33.3 Å². The van der Waals surface area contributed by atoms with Gasteiger partial charge in [-0.1, -0.05) is 41.9 Å². The highest BCUT2D eigenvalue weighted by atomic mass is 35.5. The number of aryl methyl sites for hydroxylation is 2. The van der Waals surface area contributed by atoms with Crippen LogP contribution in [0, 0.1) is 11.3 Å². The molecule has 0 bridgehead atoms. The average molecular weight is 541 g/mol. The number of hydrogen-bond donors (Lipinski definition) is 2. The number of primary amides is 1. The molecule has 5 aromatic rings. The molecule has 11 heteroatoms. The minimum absolute atomic E-state index is 0.0596. The van der Waals surface area contributed by atoms with Crippen LogP contribution in [0.3, 0.4) is 0 Å². The number of carbonyl (C=O) groups excluding carboxylic acids is 2. The van der Waals surface area contributed by atoms with Crippen molar-refractivity contribution in [2.45, 2.75) is 13.5 Å². The standard InChI is InChI=1S/C28H21ClN6O4/c1-3-35-20(15-7-9-16(10-8-15)23-21(14-30)39-34(2)28(23)38)12-18-13-22(29)33-24(25(18)35)27(37)32-19-6-4-5-17(11-19)26(31)36/h4-13H,3H2,1-2H3,(H2,31,36)(H,32,37). The summed E-state index contributed by atoms with van der Waals surface area (Å²) in [6.07, 6.45) is 0. The lowest BCUT2D eigenvalue weighted by Crippen LogP contribution is -2.17. The first kappa shape index (κ1) is 25.5. The van der Waals surface area contributed by atoms with E-state index in [1.54, 1.807) is 36.4 Å². The molecule has 0 aliphatic carbocycles. The third kappa shape index (κ3) is 4.56. The van der Waals surface area contributed by atoms with Crippen molar-refractivity contribution < 1.29 is 14.1 Å². The number of anilines is 1. The first-order valence-corrected chi connectivity index (χ1v) is 12.2. The van der Waals surface area contributed by atoms with Crippen molar-refractivity contribution in [3.8, 4) is 28.5 Å². The van der Waals surface area contributed by atoms with Crippen molar-refractivity contribution in [2.24, 2.45) is 12.8 Å². The fourth-order valence-corrected chi connectivity index (χ4v) is 4.75. The van der Waals surface area contributed by atoms with Crippen LogP contribution in [0.15, 0.2) is 70.0 Å². The van der Waals surface area contributed by atoms with Gasteiger partial charge in [0.25, 0.3) is 11.5 Å². The summed E-state index contributed by atoms with van der Waals surface area (Å²) in [5.74, 6) is -1.17. The number of pyridine rings is 1. The Bertz CT molecular complexity index is 1880. The van der Waals surface area contributed by atoms with Crippen LogP contribution in [0.5, 0.6) is 0 Å². The van der Waals surface area contributed by atoms with Gasteiger partial charge in [0.05, 0.1) is 5.52 Å². The number of hydrogen-bond acceptors (Lipinski definition) is 6. The molecule has 0 radical (unpaired) electrons. The van der Waals surface area contributed by atoms with E-state index in [4.69, 9.17) is 21.9 Å². The molecule has 2 amide bonds. The number of halogens is 1. The predicted molar refractivity (Wildman–Crippen MR) is 146 cm³/mol. The molecule has 0 saturated heterocycles. The number of nitrogens with one attached hydrogen (secondary N) is 1. The van der Waals surface area contributed by atoms with E-state index in [9.17, 15) is 19.6 Å². The Kier molecular flexibility index (Phi) is 6.52. The maximum absolute atomic E-state index is 13.3. The Morgan fingerprint density at radius 3 is 2.51 bits per heavy atom. The van der Waals surface area contributed by atoms with Gasteiger partial charge in [0.15, 0.2) is 5.69 Å². The van der Waals surface area contributed by atoms with Crippen molar-refractivity contribution in [1.29, 1.82) is 5.26 Å². The second-order valence-electron chi connectivity index (χ2n) is 8.69. The quantitative estimate of drug-likeness (QED) is 0.301. The molecule has 3 N–H and O–H groups in total. The van der Waals surface area contributed by atoms with Crippen LogP contribution in [0.2, 0.25) is 5.15 Å². The normalized spacial score (nSPS) is 10.9. The number of rotatable bonds is 6. The minimum Gasteiger partial charge on any atom is -0.366 e. The fraction of sp³-hybridized carbons (Fsp3) is 0.107. The van der Waals surface area contributed by atoms with Crippen molar-refractivity contribution in [2.75, 3.05) is 5.32 Å². The van der Waals surface area contributed by atoms with Crippen LogP contribution in [-0.4, -0.2) is 26.1 Å². The van der Waals surface area contributed by atoms with Gasteiger partial charge >= 0.3 is 0 Å². The van der Waals surface area contributed by atoms with Crippen LogP contribution >= 0.6 is 11.6 Å². The molecule has 0 fully saturated rings. The maximum atomic E-state index is 13.3. The van der Waals surface area contributed by atoms with Crippen LogP contribution in [0.1, 0.15) is 33.5 Å². The summed E-state index contributed by atoms with van der Waals surface area (Å²) in [6, 6.07) is 18.9. The molecule has 194 valence electrons. The van der Waals surface area contributed by atoms with E-state index in [1.807, 2.05) is 35.8 Å². The molecule has 0 atom stereocenters. The van der Waals surface area contributed by atoms with E-state index in [0.717, 1.165) is 16.0 Å². The van der Waals surface area contributed by atoms with Gasteiger partial charge in [-0.3, -0.25) is 14.4 Å². The molecular weight excluding hydrogens is 520 g/mol. The van der Waals surface area contributed by atoms with Gasteiger partial charge < -0.3 is 20.1 Å². The topological polar surface area (TPSA) is 149 Å². The molecule has 0 aliphatic rings. The highest BCUT2D eigenvalue weighted by Crippen LogP contribution is 2.33. The summed E-state index contributed by atoms with van der Waals surface area (Å²) >= 11 is 6.29. The zero-order chi connectivity index (χ0) is 27.8. The lowest BCUT2D eigenvalue weighted by molar-refractivity contribution is 0.0995. The van der Waals surface area contributed by atoms with Gasteiger partial charge in [-0.15, -0.1) is 0 Å². The number of carbonyl (C=O) groups is 2. The first-order chi connectivity index (χ1) is 18.7. The average Bonchev–Trinajstić information content (AvgIpc) is 3.44. The van der Waals surface area contributed by atoms with Crippen LogP contribution in [-0.2, 0) is 13.6 Å². The summed E-state index contributed by atoms with van der Waals surface area (Å²) in [7, 11) is 1.45. The number of benzene rings is 2. The summed E-state index contributed by atoms with van der Waals surface area (Å²) in [5, 5.41) is 13.0. The number of fused-ring (bicyclic) bond motifs is 1. The Labute approximate surface area is 226 Å². The summed E-state index contributed by atoms with van der Waals surface area (Å²) in [5.41, 5.74) is 8.66. The third-order valence-electron chi connectivity index (χ3n) is 6.31. The van der Waals surface area contributed by atoms with Crippen molar-refractivity contribution in [3.05, 3.63) is 93.2 Å². The smallest absolute Gasteiger partial charge is 0.291 e. The third-order valence-corrected chi connectivity index (χ3v) is 6.50. The van der Waals surface area contributed by atoms with Gasteiger partial charge in [0.1, 0.15) is 16.8 Å². The van der Waals surface area contributed by atoms with Gasteiger partial charge in [-0.2, -0.15) is 10.0 Å². The first-order valence-electron chi connectivity index (χ1n) is 11.8. The number of aromatic nitrogens is 3. The van der Waals surface area contributed by atoms with E-state index < -0.39 is 17.4 Å². The molecule has 0 unspecified atom stereocenters. The number of amides is 2. The Balaban J connectivity index is 1.57. The molecule has 10 nitrogen and oxygen atoms in total. The molecule has 2 aromatic carbocycles. The Hall–Kier alpha value is -5.14. The molecule has 5 rings (SSSR count). The molecule has 0 aliphatic heterocycles. The monoisotopic (exact) mass is 540 g/mol. The van der Waals surface area contributed by atoms with E-state index >= 15 is 0 Å². The zero-order valence-electron chi connectivity index (χ0n) is 20.9. The SMILES string of the molecule is CCn1c(-c2ccc(-c3c(C#N)on(C)c3=O)cc2)cc2cc(Cl)nc(C(=O)Nc3cccc(C(N)=O)c3)c21. The van der Waals surface area contributed by atoms with Crippen LogP contribution in [0.4, 0.5) is 5.69 Å². The maximum Gasteiger partial charge on any atom is 0.291 e. The highest BCUT2D eigenvalue weighted by Gasteiger charge is 2.21. The van der Waals surface area contributed by atoms with Crippen molar-refractivity contribution >= 4 is 40.0 Å². The fourth-order valence-electron chi connectivity index (χ4n) is 4.55. The van der Waals surface area contributed by atoms with Gasteiger partial charge in [-0.25, -0.2) is 4.98 Å². The highest BCUT2D eigenvalue weighted by molar-refractivity contribution is 6.30. The minimum atomic E-state index is -0.609. The number of nitrogens with zero attached hydrogens (tertiary/aromatic N) is 4. The number of nitrogens with two attached hydrogens (primary N) is 1. The second kappa shape index (κ2) is 9.96. The molecule has 3 heterocycles. The van der Waals surface area contributed by atoms with E-state index in [1.165, 1.54) is 13.1 Å². The summed E-state index contributed by atoms with van der Waals surface area (Å²) in [6.45, 7) is 2.46. The van der Waals surface area contributed by atoms with E-state index in [0.29, 0.717) is 28.7 Å². The predicted octanol–water partition coefficient (Wildman–Crippen LogP) is 4.56. The Morgan fingerprint density at radius 1 is 1.13 bits per heavy atom. The molecule has 0 spiro atoms. The lowest BCUT2D eigenvalue weighted by Gasteiger charge is -2.12. The van der Waals surface area contributed by atoms with Gasteiger partial charge in [0, 0.05) is 35.9 Å². The number of nitriles is 1. The molecule has 0 saturated carbocycles. The summed E-state index contributed by atoms with van der Waals surface area (Å²) < 4.78 is 8.17. The molecule has 39 heavy (non-hydrogen) atoms. The largest absolute Gasteiger partial charge is 0.366 e. The molecule has 3 aromatic heterocycles. The summed E-state index contributed by atoms with van der Waals surface area (Å²) in [4.78, 5) is 41.7. The zero-order valence-corrected chi connectivity index (χ0v) is 21.6. The lowest BCUT2D eigenvalue weighted by atomic mass is 10.0. The van der Waals surface area contributed by atoms with E-state index in [2.05, 4.69) is 10.3 Å². The molecular formula is C28H21ClN6O4. The Morgan fingerprint density at radius 2 is 1.85 bits per heavy atom. The van der Waals surface area contributed by atoms with Crippen molar-refractivity contribution in [1.82, 2.24) is 14.3 Å². The van der Waals surface area contributed by atoms with Gasteiger partial charge in [0.2, 0.25) is 11.7 Å². The second-order valence-corrected chi connectivity index (χ2v) is 9.08. The van der Waals surface area contributed by atoms with Crippen molar-refractivity contribution in [3.63, 3.8) is 0 Å². The van der Waals surface area contributed by atoms with Crippen LogP contribution < -0.4 is 16.6 Å².